The van der Waals surface area contributed by atoms with E-state index in [4.69, 9.17) is 21.0 Å². The quantitative estimate of drug-likeness (QED) is 0.622. The van der Waals surface area contributed by atoms with Gasteiger partial charge in [-0.2, -0.15) is 0 Å². The monoisotopic (exact) mass is 414 g/mol. The van der Waals surface area contributed by atoms with Gasteiger partial charge in [0.15, 0.2) is 8.32 Å². The minimum absolute atomic E-state index is 0.0310. The molecule has 0 aromatic heterocycles. The minimum Gasteiger partial charge on any atom is -0.389 e. The number of amides is 1. The summed E-state index contributed by atoms with van der Waals surface area (Å²) < 4.78 is 6.45. The fourth-order valence-electron chi connectivity index (χ4n) is 2.88. The van der Waals surface area contributed by atoms with Crippen molar-refractivity contribution < 1.29 is 9.22 Å². The van der Waals surface area contributed by atoms with Crippen LogP contribution in [0.1, 0.15) is 31.9 Å². The molecule has 3 rings (SSSR count). The zero-order valence-electron chi connectivity index (χ0n) is 17.3. The number of rotatable bonds is 3. The van der Waals surface area contributed by atoms with Crippen LogP contribution in [0.25, 0.3) is 0 Å². The van der Waals surface area contributed by atoms with E-state index in [9.17, 15) is 4.79 Å². The molecule has 28 heavy (non-hydrogen) atoms. The van der Waals surface area contributed by atoms with Gasteiger partial charge in [0, 0.05) is 23.2 Å². The van der Waals surface area contributed by atoms with E-state index < -0.39 is 14.5 Å². The second kappa shape index (κ2) is 7.47. The Morgan fingerprint density at radius 3 is 2.36 bits per heavy atom. The van der Waals surface area contributed by atoms with E-state index >= 15 is 0 Å². The topological polar surface area (TPSA) is 41.9 Å². The molecule has 4 nitrogen and oxygen atoms in total. The molecule has 0 saturated heterocycles. The van der Waals surface area contributed by atoms with Crippen molar-refractivity contribution in [1.82, 2.24) is 0 Å². The number of fused-ring (bicyclic) bond motifs is 1. The van der Waals surface area contributed by atoms with Crippen molar-refractivity contribution in [1.29, 1.82) is 0 Å². The van der Waals surface area contributed by atoms with E-state index in [1.807, 2.05) is 42.5 Å². The second-order valence-electron chi connectivity index (χ2n) is 8.63. The number of carbonyl (C=O) groups excluding carboxylic acids is 1. The van der Waals surface area contributed by atoms with Crippen molar-refractivity contribution in [2.45, 2.75) is 45.1 Å². The Kier molecular flexibility index (Phi) is 5.54. The third-order valence-corrected chi connectivity index (χ3v) is 10.3. The Balaban J connectivity index is 2.18. The third-order valence-electron chi connectivity index (χ3n) is 5.62. The number of benzene rings is 2. The number of hydrogen-bond donors (Lipinski definition) is 0. The van der Waals surface area contributed by atoms with Crippen LogP contribution in [0.5, 0.6) is 0 Å². The van der Waals surface area contributed by atoms with E-state index in [1.165, 1.54) is 0 Å². The normalized spacial score (nSPS) is 17.8. The van der Waals surface area contributed by atoms with Crippen molar-refractivity contribution in [3.05, 3.63) is 64.7 Å². The highest BCUT2D eigenvalue weighted by Gasteiger charge is 2.42. The first-order chi connectivity index (χ1) is 13.0. The number of halogens is 1. The molecule has 1 aliphatic heterocycles. The molecule has 2 aromatic rings. The van der Waals surface area contributed by atoms with Gasteiger partial charge >= 0.3 is 0 Å². The molecule has 1 amide bonds. The highest BCUT2D eigenvalue weighted by Crippen LogP contribution is 2.39. The lowest BCUT2D eigenvalue weighted by Gasteiger charge is -2.38. The fourth-order valence-corrected chi connectivity index (χ4v) is 4.11. The fraction of sp³-hybridized carbons (Fsp3) is 0.364. The number of nitrogens with zero attached hydrogens (tertiary/aromatic N) is 2. The maximum absolute atomic E-state index is 13.3. The maximum Gasteiger partial charge on any atom is 0.277 e. The van der Waals surface area contributed by atoms with Crippen molar-refractivity contribution in [3.8, 4) is 0 Å². The minimum atomic E-state index is -2.21. The Morgan fingerprint density at radius 2 is 1.75 bits per heavy atom. The summed E-state index contributed by atoms with van der Waals surface area (Å²) in [7, 11) is -0.447. The lowest BCUT2D eigenvalue weighted by Crippen LogP contribution is -2.48. The molecule has 148 valence electrons. The first-order valence-corrected chi connectivity index (χ1v) is 12.7. The number of likely N-dealkylation sites (N-methyl/N-ethyl adjacent to an activating group) is 1. The molecule has 1 aliphatic rings. The largest absolute Gasteiger partial charge is 0.389 e. The van der Waals surface area contributed by atoms with Crippen LogP contribution in [0.3, 0.4) is 0 Å². The molecule has 0 fully saturated rings. The molecule has 0 radical (unpaired) electrons. The molecule has 0 aliphatic carbocycles. The van der Waals surface area contributed by atoms with Crippen LogP contribution in [0, 0.1) is 0 Å². The summed E-state index contributed by atoms with van der Waals surface area (Å²) in [6, 6.07) is 15.4. The first kappa shape index (κ1) is 20.8. The number of benzodiazepines with no additional fused rings is 1. The molecule has 0 bridgehead atoms. The Morgan fingerprint density at radius 1 is 1.11 bits per heavy atom. The molecule has 0 saturated carbocycles. The van der Waals surface area contributed by atoms with Gasteiger partial charge in [0.2, 0.25) is 6.23 Å². The second-order valence-corrected chi connectivity index (χ2v) is 13.8. The first-order valence-electron chi connectivity index (χ1n) is 9.40. The summed E-state index contributed by atoms with van der Waals surface area (Å²) in [4.78, 5) is 19.7. The Bertz CT molecular complexity index is 920. The zero-order chi connectivity index (χ0) is 20.7. The van der Waals surface area contributed by atoms with Crippen LogP contribution in [-0.2, 0) is 9.22 Å². The average molecular weight is 415 g/mol. The summed E-state index contributed by atoms with van der Waals surface area (Å²) >= 11 is 6.29. The van der Waals surface area contributed by atoms with E-state index in [1.54, 1.807) is 18.0 Å². The Labute approximate surface area is 173 Å². The van der Waals surface area contributed by atoms with E-state index in [-0.39, 0.29) is 10.9 Å². The average Bonchev–Trinajstić information content (AvgIpc) is 2.72. The highest BCUT2D eigenvalue weighted by molar-refractivity contribution is 6.74. The SMILES string of the molecule is CN1C(=O)C(O[Si](C)(C)C(C)(C)C)N=C(c2ccccc2)c2cc(Cl)ccc21. The number of carbonyl (C=O) groups is 1. The summed E-state index contributed by atoms with van der Waals surface area (Å²) in [5.74, 6) is -0.167. The van der Waals surface area contributed by atoms with Crippen LogP contribution < -0.4 is 4.90 Å². The van der Waals surface area contributed by atoms with Gasteiger partial charge < -0.3 is 9.33 Å². The zero-order valence-corrected chi connectivity index (χ0v) is 19.0. The molecule has 0 spiro atoms. The van der Waals surface area contributed by atoms with Gasteiger partial charge in [0.05, 0.1) is 11.4 Å². The van der Waals surface area contributed by atoms with Gasteiger partial charge in [-0.05, 0) is 36.3 Å². The van der Waals surface area contributed by atoms with E-state index in [0.717, 1.165) is 22.5 Å². The Hall–Kier alpha value is -1.95. The number of hydrogen-bond acceptors (Lipinski definition) is 3. The summed E-state index contributed by atoms with van der Waals surface area (Å²) in [6.45, 7) is 10.7. The molecule has 2 aromatic carbocycles. The molecular formula is C22H27ClN2O2Si. The van der Waals surface area contributed by atoms with Gasteiger partial charge in [0.25, 0.3) is 5.91 Å². The molecule has 1 atom stereocenters. The van der Waals surface area contributed by atoms with E-state index in [2.05, 4.69) is 33.9 Å². The highest BCUT2D eigenvalue weighted by atomic mass is 35.5. The van der Waals surface area contributed by atoms with Gasteiger partial charge in [0.1, 0.15) is 0 Å². The summed E-state index contributed by atoms with van der Waals surface area (Å²) in [6.07, 6.45) is -0.882. The van der Waals surface area contributed by atoms with Crippen molar-refractivity contribution in [2.75, 3.05) is 11.9 Å². The molecule has 1 unspecified atom stereocenters. The number of anilines is 1. The maximum atomic E-state index is 13.3. The van der Waals surface area contributed by atoms with Crippen LogP contribution in [0.4, 0.5) is 5.69 Å². The van der Waals surface area contributed by atoms with Crippen LogP contribution in [0.15, 0.2) is 53.5 Å². The van der Waals surface area contributed by atoms with Crippen LogP contribution in [0.2, 0.25) is 23.2 Å². The van der Waals surface area contributed by atoms with Crippen LogP contribution >= 0.6 is 11.6 Å². The van der Waals surface area contributed by atoms with Crippen molar-refractivity contribution in [2.24, 2.45) is 4.99 Å². The lowest BCUT2D eigenvalue weighted by atomic mass is 10.0. The van der Waals surface area contributed by atoms with Gasteiger partial charge in [-0.15, -0.1) is 0 Å². The van der Waals surface area contributed by atoms with Crippen molar-refractivity contribution >= 4 is 37.2 Å². The number of aliphatic imine (C=N–C) groups is 1. The molecule has 6 heteroatoms. The predicted octanol–water partition coefficient (Wildman–Crippen LogP) is 5.50. The smallest absolute Gasteiger partial charge is 0.277 e. The summed E-state index contributed by atoms with van der Waals surface area (Å²) in [5, 5.41) is 0.573. The van der Waals surface area contributed by atoms with Crippen molar-refractivity contribution in [3.63, 3.8) is 0 Å². The standard InChI is InChI=1S/C22H27ClN2O2Si/c1-22(2,3)28(5,6)27-20-21(26)25(4)18-13-12-16(23)14-17(18)19(24-20)15-10-8-7-9-11-15/h7-14,20H,1-6H3. The third kappa shape index (κ3) is 3.92. The molecule has 1 heterocycles. The molecular weight excluding hydrogens is 388 g/mol. The van der Waals surface area contributed by atoms with Gasteiger partial charge in [-0.1, -0.05) is 62.7 Å². The van der Waals surface area contributed by atoms with E-state index in [0.29, 0.717) is 5.02 Å². The lowest BCUT2D eigenvalue weighted by molar-refractivity contribution is -0.125. The van der Waals surface area contributed by atoms with Crippen LogP contribution in [-0.4, -0.2) is 33.2 Å². The predicted molar refractivity (Wildman–Crippen MR) is 119 cm³/mol. The van der Waals surface area contributed by atoms with Gasteiger partial charge in [-0.3, -0.25) is 4.79 Å². The molecule has 0 N–H and O–H groups in total. The van der Waals surface area contributed by atoms with Gasteiger partial charge in [-0.25, -0.2) is 4.99 Å². The summed E-state index contributed by atoms with van der Waals surface area (Å²) in [5.41, 5.74) is 3.26.